The second-order valence-electron chi connectivity index (χ2n) is 8.77. The molecule has 2 aliphatic rings. The molecule has 1 aliphatic heterocycles. The van der Waals surface area contributed by atoms with E-state index in [0.29, 0.717) is 37.7 Å². The van der Waals surface area contributed by atoms with Crippen LogP contribution >= 0.6 is 0 Å². The lowest BCUT2D eigenvalue weighted by atomic mass is 9.96. The fourth-order valence-corrected chi connectivity index (χ4v) is 5.06. The van der Waals surface area contributed by atoms with Crippen molar-refractivity contribution >= 4 is 21.8 Å². The number of carbonyl (C=O) groups is 2. The van der Waals surface area contributed by atoms with Gasteiger partial charge in [0.2, 0.25) is 15.9 Å². The molecule has 1 saturated carbocycles. The van der Waals surface area contributed by atoms with E-state index in [-0.39, 0.29) is 22.6 Å². The molecule has 0 radical (unpaired) electrons. The van der Waals surface area contributed by atoms with Crippen molar-refractivity contribution in [1.29, 1.82) is 0 Å². The average Bonchev–Trinajstić information content (AvgIpc) is 3.62. The molecule has 1 saturated heterocycles. The van der Waals surface area contributed by atoms with Crippen molar-refractivity contribution in [1.82, 2.24) is 14.9 Å². The molecule has 1 unspecified atom stereocenters. The highest BCUT2D eigenvalue weighted by molar-refractivity contribution is 7.89. The summed E-state index contributed by atoms with van der Waals surface area (Å²) in [6.45, 7) is 4.23. The first-order valence-corrected chi connectivity index (χ1v) is 13.1. The summed E-state index contributed by atoms with van der Waals surface area (Å²) in [7, 11) is -3.63. The summed E-state index contributed by atoms with van der Waals surface area (Å²) in [5.41, 5.74) is 0.343. The van der Waals surface area contributed by atoms with Crippen LogP contribution in [0.1, 0.15) is 68.6 Å². The van der Waals surface area contributed by atoms with E-state index < -0.39 is 10.0 Å². The van der Waals surface area contributed by atoms with Crippen LogP contribution in [0.25, 0.3) is 0 Å². The quantitative estimate of drug-likeness (QED) is 0.508. The number of nitrogens with one attached hydrogen (secondary N) is 2. The Morgan fingerprint density at radius 1 is 1.13 bits per heavy atom. The predicted octanol–water partition coefficient (Wildman–Crippen LogP) is 2.92. The Kier molecular flexibility index (Phi) is 8.49. The Bertz CT molecular complexity index is 867. The first-order valence-electron chi connectivity index (χ1n) is 11.6. The molecule has 7 nitrogen and oxygen atoms in total. The second-order valence-corrected chi connectivity index (χ2v) is 10.5. The maximum Gasteiger partial charge on any atom is 0.253 e. The molecule has 2 N–H and O–H groups in total. The summed E-state index contributed by atoms with van der Waals surface area (Å²) in [6.07, 6.45) is 8.07. The van der Waals surface area contributed by atoms with Crippen LogP contribution in [0, 0.1) is 11.8 Å². The zero-order valence-electron chi connectivity index (χ0n) is 18.4. The van der Waals surface area contributed by atoms with E-state index >= 15 is 0 Å². The summed E-state index contributed by atoms with van der Waals surface area (Å²) < 4.78 is 27.7. The molecule has 1 atom stereocenters. The highest BCUT2D eigenvalue weighted by Crippen LogP contribution is 2.28. The lowest BCUT2D eigenvalue weighted by Crippen LogP contribution is -2.45. The predicted molar refractivity (Wildman–Crippen MR) is 120 cm³/mol. The largest absolute Gasteiger partial charge is 0.356 e. The first kappa shape index (κ1) is 23.7. The number of unbranched alkanes of at least 4 members (excludes halogenated alkanes) is 3. The molecule has 0 aromatic heterocycles. The minimum absolute atomic E-state index is 0.00889. The normalized spacial score (nSPS) is 19.3. The minimum Gasteiger partial charge on any atom is -0.356 e. The molecule has 172 valence electrons. The molecule has 1 aliphatic carbocycles. The Labute approximate surface area is 186 Å². The number of nitrogens with zero attached hydrogens (tertiary/aromatic N) is 1. The third kappa shape index (κ3) is 7.04. The van der Waals surface area contributed by atoms with Crippen LogP contribution in [0.4, 0.5) is 0 Å². The number of carbonyl (C=O) groups excluding carboxylic acids is 2. The summed E-state index contributed by atoms with van der Waals surface area (Å²) in [5.74, 6) is 0.00737. The van der Waals surface area contributed by atoms with E-state index in [1.165, 1.54) is 18.6 Å². The molecule has 0 bridgehead atoms. The highest BCUT2D eigenvalue weighted by atomic mass is 32.2. The summed E-state index contributed by atoms with van der Waals surface area (Å²) in [6, 6.07) is 6.19. The molecule has 8 heteroatoms. The van der Waals surface area contributed by atoms with Crippen molar-refractivity contribution in [2.45, 2.75) is 63.2 Å². The number of amides is 2. The van der Waals surface area contributed by atoms with Crippen LogP contribution in [0.2, 0.25) is 0 Å². The number of rotatable bonds is 11. The molecular formula is C23H35N3O4S. The molecule has 0 spiro atoms. The lowest BCUT2D eigenvalue weighted by molar-refractivity contribution is -0.126. The standard InChI is InChI=1S/C23H35N3O4S/c1-2-3-4-5-13-24-22(27)20-9-7-14-26(17-20)23(28)19-8-6-10-21(15-19)31(29,30)25-16-18-11-12-18/h6,8,10,15,18,20,25H,2-5,7,9,11-14,16-17H2,1H3,(H,24,27). The topological polar surface area (TPSA) is 95.6 Å². The molecule has 3 rings (SSSR count). The van der Waals surface area contributed by atoms with Crippen LogP contribution in [-0.4, -0.2) is 51.3 Å². The van der Waals surface area contributed by atoms with Gasteiger partial charge in [-0.05, 0) is 56.2 Å². The highest BCUT2D eigenvalue weighted by Gasteiger charge is 2.29. The second kappa shape index (κ2) is 11.1. The summed E-state index contributed by atoms with van der Waals surface area (Å²) in [5, 5.41) is 3.00. The fourth-order valence-electron chi connectivity index (χ4n) is 3.90. The van der Waals surface area contributed by atoms with Crippen molar-refractivity contribution in [2.75, 3.05) is 26.2 Å². The van der Waals surface area contributed by atoms with Crippen molar-refractivity contribution in [2.24, 2.45) is 11.8 Å². The molecule has 2 amide bonds. The van der Waals surface area contributed by atoms with Crippen molar-refractivity contribution in [3.05, 3.63) is 29.8 Å². The molecule has 1 heterocycles. The number of hydrogen-bond acceptors (Lipinski definition) is 4. The van der Waals surface area contributed by atoms with E-state index in [1.54, 1.807) is 17.0 Å². The van der Waals surface area contributed by atoms with Crippen molar-refractivity contribution in [3.8, 4) is 0 Å². The van der Waals surface area contributed by atoms with Gasteiger partial charge in [0.15, 0.2) is 0 Å². The van der Waals surface area contributed by atoms with E-state index in [9.17, 15) is 18.0 Å². The van der Waals surface area contributed by atoms with Gasteiger partial charge in [0.05, 0.1) is 10.8 Å². The van der Waals surface area contributed by atoms with E-state index in [2.05, 4.69) is 17.0 Å². The van der Waals surface area contributed by atoms with Gasteiger partial charge in [0.1, 0.15) is 0 Å². The van der Waals surface area contributed by atoms with Gasteiger partial charge < -0.3 is 10.2 Å². The van der Waals surface area contributed by atoms with Gasteiger partial charge in [-0.25, -0.2) is 13.1 Å². The molecule has 1 aromatic carbocycles. The molecule has 31 heavy (non-hydrogen) atoms. The number of hydrogen-bond donors (Lipinski definition) is 2. The lowest BCUT2D eigenvalue weighted by Gasteiger charge is -2.32. The Balaban J connectivity index is 1.57. The molecular weight excluding hydrogens is 414 g/mol. The number of sulfonamides is 1. The van der Waals surface area contributed by atoms with Crippen molar-refractivity contribution in [3.63, 3.8) is 0 Å². The molecule has 1 aromatic rings. The first-order chi connectivity index (χ1) is 14.9. The zero-order valence-corrected chi connectivity index (χ0v) is 19.3. The number of piperidine rings is 1. The van der Waals surface area contributed by atoms with E-state index in [4.69, 9.17) is 0 Å². The van der Waals surface area contributed by atoms with Gasteiger partial charge in [-0.15, -0.1) is 0 Å². The fraction of sp³-hybridized carbons (Fsp3) is 0.652. The maximum atomic E-state index is 13.0. The van der Waals surface area contributed by atoms with Gasteiger partial charge >= 0.3 is 0 Å². The smallest absolute Gasteiger partial charge is 0.253 e. The number of likely N-dealkylation sites (tertiary alicyclic amines) is 1. The van der Waals surface area contributed by atoms with Crippen LogP contribution in [0.15, 0.2) is 29.2 Å². The maximum absolute atomic E-state index is 13.0. The Morgan fingerprint density at radius 3 is 2.68 bits per heavy atom. The van der Waals surface area contributed by atoms with Gasteiger partial charge in [-0.2, -0.15) is 0 Å². The Morgan fingerprint density at radius 2 is 1.94 bits per heavy atom. The van der Waals surface area contributed by atoms with Gasteiger partial charge in [0.25, 0.3) is 5.91 Å². The van der Waals surface area contributed by atoms with Crippen LogP contribution in [0.3, 0.4) is 0 Å². The Hall–Kier alpha value is -1.93. The van der Waals surface area contributed by atoms with Crippen LogP contribution in [-0.2, 0) is 14.8 Å². The summed E-state index contributed by atoms with van der Waals surface area (Å²) in [4.78, 5) is 27.3. The van der Waals surface area contributed by atoms with Gasteiger partial charge in [0, 0.05) is 31.7 Å². The van der Waals surface area contributed by atoms with E-state index in [0.717, 1.165) is 44.9 Å². The third-order valence-corrected chi connectivity index (χ3v) is 7.48. The monoisotopic (exact) mass is 449 g/mol. The summed E-state index contributed by atoms with van der Waals surface area (Å²) >= 11 is 0. The zero-order chi connectivity index (χ0) is 22.3. The molecule has 2 fully saturated rings. The van der Waals surface area contributed by atoms with Gasteiger partial charge in [-0.1, -0.05) is 32.3 Å². The van der Waals surface area contributed by atoms with Gasteiger partial charge in [-0.3, -0.25) is 9.59 Å². The third-order valence-electron chi connectivity index (χ3n) is 6.06. The minimum atomic E-state index is -3.63. The number of benzene rings is 1. The van der Waals surface area contributed by atoms with E-state index in [1.807, 2.05) is 0 Å². The van der Waals surface area contributed by atoms with Crippen molar-refractivity contribution < 1.29 is 18.0 Å². The SMILES string of the molecule is CCCCCCNC(=O)C1CCCN(C(=O)c2cccc(S(=O)(=O)NCC3CC3)c2)C1. The van der Waals surface area contributed by atoms with Crippen LogP contribution < -0.4 is 10.0 Å². The average molecular weight is 450 g/mol. The van der Waals surface area contributed by atoms with Crippen LogP contribution in [0.5, 0.6) is 0 Å².